The SMILES string of the molecule is CNC(=O)CN(C)C(=O)C1C2C(=O)N(Cc3cccc(OC)c3)C[C@@]23C=C[C@@H]1O3. The van der Waals surface area contributed by atoms with Crippen molar-refractivity contribution in [2.24, 2.45) is 11.8 Å². The lowest BCUT2D eigenvalue weighted by Gasteiger charge is -2.27. The third kappa shape index (κ3) is 3.17. The first kappa shape index (κ1) is 19.4. The summed E-state index contributed by atoms with van der Waals surface area (Å²) in [6.45, 7) is 0.776. The Kier molecular flexibility index (Phi) is 4.82. The van der Waals surface area contributed by atoms with E-state index in [2.05, 4.69) is 5.32 Å². The minimum absolute atomic E-state index is 0.0519. The number of ether oxygens (including phenoxy) is 2. The van der Waals surface area contributed by atoms with Gasteiger partial charge in [-0.2, -0.15) is 0 Å². The van der Waals surface area contributed by atoms with Gasteiger partial charge in [0.1, 0.15) is 11.4 Å². The minimum Gasteiger partial charge on any atom is -0.497 e. The zero-order chi connectivity index (χ0) is 20.8. The summed E-state index contributed by atoms with van der Waals surface area (Å²) in [6, 6.07) is 7.57. The topological polar surface area (TPSA) is 88.2 Å². The predicted molar refractivity (Wildman–Crippen MR) is 104 cm³/mol. The Labute approximate surface area is 169 Å². The van der Waals surface area contributed by atoms with Crippen LogP contribution < -0.4 is 10.1 Å². The molecule has 0 radical (unpaired) electrons. The van der Waals surface area contributed by atoms with Crippen molar-refractivity contribution >= 4 is 17.7 Å². The van der Waals surface area contributed by atoms with Crippen molar-refractivity contribution in [3.8, 4) is 5.75 Å². The lowest BCUT2D eigenvalue weighted by atomic mass is 9.76. The van der Waals surface area contributed by atoms with Gasteiger partial charge < -0.3 is 24.6 Å². The number of benzene rings is 1. The number of rotatable bonds is 6. The number of hydrogen-bond acceptors (Lipinski definition) is 5. The maximum atomic E-state index is 13.3. The summed E-state index contributed by atoms with van der Waals surface area (Å²) >= 11 is 0. The standard InChI is InChI=1S/C21H25N3O5/c1-22-16(25)11-23(2)19(26)17-15-7-8-21(29-15)12-24(20(27)18(17)21)10-13-5-4-6-14(9-13)28-3/h4-9,15,17-18H,10-12H2,1-3H3,(H,22,25)/t15-,17?,18?,21-/m0/s1. The third-order valence-electron chi connectivity index (χ3n) is 6.01. The minimum atomic E-state index is -0.769. The highest BCUT2D eigenvalue weighted by atomic mass is 16.5. The molecule has 4 atom stereocenters. The predicted octanol–water partition coefficient (Wildman–Crippen LogP) is 0.182. The van der Waals surface area contributed by atoms with E-state index in [0.29, 0.717) is 13.1 Å². The molecule has 0 saturated carbocycles. The Bertz CT molecular complexity index is 885. The number of hydrogen-bond donors (Lipinski definition) is 1. The summed E-state index contributed by atoms with van der Waals surface area (Å²) in [5.74, 6) is -1.04. The Balaban J connectivity index is 1.54. The van der Waals surface area contributed by atoms with E-state index >= 15 is 0 Å². The van der Waals surface area contributed by atoms with Crippen LogP contribution in [0.25, 0.3) is 0 Å². The fourth-order valence-electron chi connectivity index (χ4n) is 4.61. The van der Waals surface area contributed by atoms with E-state index < -0.39 is 23.5 Å². The van der Waals surface area contributed by atoms with Crippen molar-refractivity contribution in [3.63, 3.8) is 0 Å². The first-order chi connectivity index (χ1) is 13.9. The molecule has 3 aliphatic rings. The van der Waals surface area contributed by atoms with E-state index in [1.165, 1.54) is 11.9 Å². The monoisotopic (exact) mass is 399 g/mol. The lowest BCUT2D eigenvalue weighted by molar-refractivity contribution is -0.144. The van der Waals surface area contributed by atoms with Crippen LogP contribution in [0.3, 0.4) is 0 Å². The Hall–Kier alpha value is -2.87. The highest BCUT2D eigenvalue weighted by Crippen LogP contribution is 2.52. The molecule has 0 aliphatic carbocycles. The molecule has 8 nitrogen and oxygen atoms in total. The largest absolute Gasteiger partial charge is 0.497 e. The number of nitrogens with zero attached hydrogens (tertiary/aromatic N) is 2. The van der Waals surface area contributed by atoms with Gasteiger partial charge in [-0.1, -0.05) is 24.3 Å². The number of nitrogens with one attached hydrogen (secondary N) is 1. The average molecular weight is 399 g/mol. The number of carbonyl (C=O) groups is 3. The van der Waals surface area contributed by atoms with Crippen LogP contribution in [0.15, 0.2) is 36.4 Å². The van der Waals surface area contributed by atoms with Gasteiger partial charge in [0.15, 0.2) is 0 Å². The average Bonchev–Trinajstić information content (AvgIpc) is 3.35. The van der Waals surface area contributed by atoms with Gasteiger partial charge in [-0.3, -0.25) is 14.4 Å². The van der Waals surface area contributed by atoms with E-state index in [1.54, 1.807) is 19.1 Å². The molecule has 2 saturated heterocycles. The summed E-state index contributed by atoms with van der Waals surface area (Å²) in [4.78, 5) is 41.1. The number of likely N-dealkylation sites (tertiary alicyclic amines) is 1. The summed E-state index contributed by atoms with van der Waals surface area (Å²) in [5.41, 5.74) is 0.182. The number of amides is 3. The van der Waals surface area contributed by atoms with Crippen molar-refractivity contribution in [2.75, 3.05) is 34.3 Å². The van der Waals surface area contributed by atoms with Crippen LogP contribution >= 0.6 is 0 Å². The Morgan fingerprint density at radius 3 is 2.93 bits per heavy atom. The molecule has 1 spiro atoms. The molecular weight excluding hydrogens is 374 g/mol. The highest BCUT2D eigenvalue weighted by Gasteiger charge is 2.67. The molecule has 0 aromatic heterocycles. The molecule has 8 heteroatoms. The molecule has 3 aliphatic heterocycles. The van der Waals surface area contributed by atoms with Gasteiger partial charge in [-0.15, -0.1) is 0 Å². The highest BCUT2D eigenvalue weighted by molar-refractivity contribution is 5.94. The van der Waals surface area contributed by atoms with Crippen LogP contribution in [0, 0.1) is 11.8 Å². The van der Waals surface area contributed by atoms with E-state index in [0.717, 1.165) is 11.3 Å². The van der Waals surface area contributed by atoms with Crippen LogP contribution in [0.2, 0.25) is 0 Å². The van der Waals surface area contributed by atoms with E-state index in [1.807, 2.05) is 36.4 Å². The van der Waals surface area contributed by atoms with E-state index in [4.69, 9.17) is 9.47 Å². The quantitative estimate of drug-likeness (QED) is 0.690. The molecule has 1 aromatic rings. The maximum Gasteiger partial charge on any atom is 0.239 e. The number of likely N-dealkylation sites (N-methyl/N-ethyl adjacent to an activating group) is 2. The molecule has 2 unspecified atom stereocenters. The van der Waals surface area contributed by atoms with Gasteiger partial charge in [0.2, 0.25) is 17.7 Å². The van der Waals surface area contributed by atoms with Gasteiger partial charge in [0.05, 0.1) is 38.1 Å². The van der Waals surface area contributed by atoms with Crippen molar-refractivity contribution in [2.45, 2.75) is 18.2 Å². The third-order valence-corrected chi connectivity index (χ3v) is 6.01. The van der Waals surface area contributed by atoms with Crippen molar-refractivity contribution < 1.29 is 23.9 Å². The van der Waals surface area contributed by atoms with Crippen LogP contribution in [-0.4, -0.2) is 73.5 Å². The Morgan fingerprint density at radius 1 is 1.41 bits per heavy atom. The molecular formula is C21H25N3O5. The molecule has 2 fully saturated rings. The summed E-state index contributed by atoms with van der Waals surface area (Å²) in [6.07, 6.45) is 3.37. The number of methoxy groups -OCH3 is 1. The number of carbonyl (C=O) groups excluding carboxylic acids is 3. The molecule has 2 bridgehead atoms. The van der Waals surface area contributed by atoms with Crippen LogP contribution in [0.4, 0.5) is 0 Å². The Morgan fingerprint density at radius 2 is 2.21 bits per heavy atom. The second-order valence-electron chi connectivity index (χ2n) is 7.81. The van der Waals surface area contributed by atoms with Crippen molar-refractivity contribution in [1.82, 2.24) is 15.1 Å². The van der Waals surface area contributed by atoms with Gasteiger partial charge in [0, 0.05) is 20.6 Å². The summed E-state index contributed by atoms with van der Waals surface area (Å²) in [7, 11) is 4.70. The molecule has 29 heavy (non-hydrogen) atoms. The fraction of sp³-hybridized carbons (Fsp3) is 0.476. The van der Waals surface area contributed by atoms with E-state index in [9.17, 15) is 14.4 Å². The molecule has 3 amide bonds. The second kappa shape index (κ2) is 7.18. The summed E-state index contributed by atoms with van der Waals surface area (Å²) < 4.78 is 11.4. The zero-order valence-electron chi connectivity index (χ0n) is 16.8. The van der Waals surface area contributed by atoms with Crippen LogP contribution in [-0.2, 0) is 25.7 Å². The molecule has 154 valence electrons. The maximum absolute atomic E-state index is 13.3. The van der Waals surface area contributed by atoms with Gasteiger partial charge in [0.25, 0.3) is 0 Å². The molecule has 1 N–H and O–H groups in total. The number of fused-ring (bicyclic) bond motifs is 1. The van der Waals surface area contributed by atoms with Crippen molar-refractivity contribution in [1.29, 1.82) is 0 Å². The first-order valence-corrected chi connectivity index (χ1v) is 9.63. The van der Waals surface area contributed by atoms with E-state index in [-0.39, 0.29) is 24.3 Å². The summed E-state index contributed by atoms with van der Waals surface area (Å²) in [5, 5.41) is 2.51. The fourth-order valence-corrected chi connectivity index (χ4v) is 4.61. The van der Waals surface area contributed by atoms with Crippen LogP contribution in [0.1, 0.15) is 5.56 Å². The lowest BCUT2D eigenvalue weighted by Crippen LogP contribution is -2.47. The smallest absolute Gasteiger partial charge is 0.239 e. The van der Waals surface area contributed by atoms with Gasteiger partial charge in [-0.05, 0) is 17.7 Å². The first-order valence-electron chi connectivity index (χ1n) is 9.63. The molecule has 4 rings (SSSR count). The molecule has 1 aromatic carbocycles. The zero-order valence-corrected chi connectivity index (χ0v) is 16.8. The van der Waals surface area contributed by atoms with Gasteiger partial charge >= 0.3 is 0 Å². The van der Waals surface area contributed by atoms with Crippen LogP contribution in [0.5, 0.6) is 5.75 Å². The normalized spacial score (nSPS) is 29.1. The van der Waals surface area contributed by atoms with Gasteiger partial charge in [-0.25, -0.2) is 0 Å². The van der Waals surface area contributed by atoms with Crippen molar-refractivity contribution in [3.05, 3.63) is 42.0 Å². The molecule has 3 heterocycles. The second-order valence-corrected chi connectivity index (χ2v) is 7.81.